The number of halogens is 1. The van der Waals surface area contributed by atoms with Crippen LogP contribution in [0.25, 0.3) is 10.9 Å². The zero-order valence-electron chi connectivity index (χ0n) is 9.80. The second-order valence-corrected chi connectivity index (χ2v) is 5.20. The number of nitrogens with zero attached hydrogens (tertiary/aromatic N) is 2. The van der Waals surface area contributed by atoms with Crippen LogP contribution in [0.5, 0.6) is 0 Å². The molecule has 5 heteroatoms. The monoisotopic (exact) mass is 308 g/mol. The Bertz CT molecular complexity index is 588. The van der Waals surface area contributed by atoms with E-state index >= 15 is 0 Å². The van der Waals surface area contributed by atoms with Gasteiger partial charge in [-0.3, -0.25) is 4.79 Å². The molecule has 18 heavy (non-hydrogen) atoms. The van der Waals surface area contributed by atoms with Crippen LogP contribution in [0.4, 0.5) is 0 Å². The summed E-state index contributed by atoms with van der Waals surface area (Å²) in [6, 6.07) is 5.57. The minimum absolute atomic E-state index is 0.0190. The fraction of sp³-hybridized carbons (Fsp3) is 0.385. The van der Waals surface area contributed by atoms with E-state index in [0.717, 1.165) is 47.7 Å². The van der Waals surface area contributed by atoms with Crippen molar-refractivity contribution in [1.82, 2.24) is 9.78 Å². The van der Waals surface area contributed by atoms with E-state index in [1.54, 1.807) is 6.07 Å². The fourth-order valence-electron chi connectivity index (χ4n) is 2.32. The fourth-order valence-corrected chi connectivity index (χ4v) is 2.83. The third-order valence-corrected chi connectivity index (χ3v) is 3.84. The third kappa shape index (κ3) is 1.97. The molecule has 1 unspecified atom stereocenters. The zero-order valence-corrected chi connectivity index (χ0v) is 11.4. The minimum Gasteiger partial charge on any atom is -0.356 e. The first-order chi connectivity index (χ1) is 8.79. The number of aromatic nitrogens is 2. The van der Waals surface area contributed by atoms with Gasteiger partial charge in [0.2, 0.25) is 0 Å². The van der Waals surface area contributed by atoms with Crippen molar-refractivity contribution in [3.63, 3.8) is 0 Å². The lowest BCUT2D eigenvalue weighted by Gasteiger charge is -2.23. The average molecular weight is 309 g/mol. The van der Waals surface area contributed by atoms with Crippen LogP contribution in [0.15, 0.2) is 22.8 Å². The van der Waals surface area contributed by atoms with Gasteiger partial charge in [-0.25, -0.2) is 4.68 Å². The molecule has 0 spiro atoms. The molecule has 3 rings (SSSR count). The van der Waals surface area contributed by atoms with Gasteiger partial charge in [0, 0.05) is 17.6 Å². The van der Waals surface area contributed by atoms with Crippen molar-refractivity contribution >= 4 is 33.1 Å². The van der Waals surface area contributed by atoms with Gasteiger partial charge in [-0.05, 0) is 47.3 Å². The minimum atomic E-state index is -0.0190. The molecule has 0 radical (unpaired) electrons. The summed E-state index contributed by atoms with van der Waals surface area (Å²) < 4.78 is 8.43. The molecule has 1 aromatic carbocycles. The van der Waals surface area contributed by atoms with E-state index in [4.69, 9.17) is 4.74 Å². The molecule has 1 atom stereocenters. The number of hydrogen-bond donors (Lipinski definition) is 0. The van der Waals surface area contributed by atoms with Crippen molar-refractivity contribution in [3.05, 3.63) is 28.4 Å². The van der Waals surface area contributed by atoms with Crippen LogP contribution < -0.4 is 0 Å². The Hall–Kier alpha value is -1.20. The predicted octanol–water partition coefficient (Wildman–Crippen LogP) is 3.31. The molecule has 4 nitrogen and oxygen atoms in total. The molecular formula is C13H13BrN2O2. The van der Waals surface area contributed by atoms with E-state index in [0.29, 0.717) is 5.56 Å². The molecule has 0 amide bonds. The molecule has 0 bridgehead atoms. The molecule has 2 aromatic rings. The SMILES string of the molecule is O=Cc1ccc2c(Br)nn(C3CCCCO3)c2c1. The maximum Gasteiger partial charge on any atom is 0.150 e. The smallest absolute Gasteiger partial charge is 0.150 e. The average Bonchev–Trinajstić information content (AvgIpc) is 2.76. The maximum atomic E-state index is 10.9. The zero-order chi connectivity index (χ0) is 12.5. The number of carbonyl (C=O) groups excluding carboxylic acids is 1. The lowest BCUT2D eigenvalue weighted by Crippen LogP contribution is -2.19. The largest absolute Gasteiger partial charge is 0.356 e. The van der Waals surface area contributed by atoms with Gasteiger partial charge in [-0.15, -0.1) is 0 Å². The number of carbonyl (C=O) groups is 1. The number of fused-ring (bicyclic) bond motifs is 1. The molecule has 0 saturated carbocycles. The van der Waals surface area contributed by atoms with E-state index in [1.807, 2.05) is 16.8 Å². The highest BCUT2D eigenvalue weighted by Crippen LogP contribution is 2.30. The molecule has 1 aliphatic rings. The second-order valence-electron chi connectivity index (χ2n) is 4.45. The first kappa shape index (κ1) is 11.9. The second kappa shape index (κ2) is 4.82. The number of rotatable bonds is 2. The topological polar surface area (TPSA) is 44.1 Å². The van der Waals surface area contributed by atoms with Gasteiger partial charge in [-0.1, -0.05) is 6.07 Å². The molecule has 0 N–H and O–H groups in total. The molecule has 2 heterocycles. The van der Waals surface area contributed by atoms with E-state index in [1.165, 1.54) is 0 Å². The Balaban J connectivity index is 2.12. The van der Waals surface area contributed by atoms with E-state index < -0.39 is 0 Å². The van der Waals surface area contributed by atoms with Crippen molar-refractivity contribution in [3.8, 4) is 0 Å². The van der Waals surface area contributed by atoms with Crippen LogP contribution in [-0.2, 0) is 4.74 Å². The van der Waals surface area contributed by atoms with Crippen molar-refractivity contribution < 1.29 is 9.53 Å². The van der Waals surface area contributed by atoms with Crippen LogP contribution in [0.2, 0.25) is 0 Å². The standard InChI is InChI=1S/C13H13BrN2O2/c14-13-10-5-4-9(8-17)7-11(10)16(15-13)12-3-1-2-6-18-12/h4-5,7-8,12H,1-3,6H2. The summed E-state index contributed by atoms with van der Waals surface area (Å²) in [4.78, 5) is 10.9. The van der Waals surface area contributed by atoms with Gasteiger partial charge in [0.15, 0.2) is 6.23 Å². The van der Waals surface area contributed by atoms with Gasteiger partial charge in [0.05, 0.1) is 5.52 Å². The highest BCUT2D eigenvalue weighted by Gasteiger charge is 2.20. The van der Waals surface area contributed by atoms with Crippen molar-refractivity contribution in [1.29, 1.82) is 0 Å². The summed E-state index contributed by atoms with van der Waals surface area (Å²) in [6.07, 6.45) is 4.06. The van der Waals surface area contributed by atoms with Crippen molar-refractivity contribution in [2.24, 2.45) is 0 Å². The number of aldehydes is 1. The molecule has 1 saturated heterocycles. The number of benzene rings is 1. The van der Waals surface area contributed by atoms with Gasteiger partial charge in [0.1, 0.15) is 10.9 Å². The molecule has 1 aliphatic heterocycles. The van der Waals surface area contributed by atoms with Gasteiger partial charge >= 0.3 is 0 Å². The molecule has 94 valence electrons. The van der Waals surface area contributed by atoms with Crippen LogP contribution in [0.1, 0.15) is 35.8 Å². The third-order valence-electron chi connectivity index (χ3n) is 3.25. The lowest BCUT2D eigenvalue weighted by atomic mass is 10.1. The summed E-state index contributed by atoms with van der Waals surface area (Å²) in [7, 11) is 0. The van der Waals surface area contributed by atoms with Crippen molar-refractivity contribution in [2.75, 3.05) is 6.61 Å². The van der Waals surface area contributed by atoms with Gasteiger partial charge in [0.25, 0.3) is 0 Å². The summed E-state index contributed by atoms with van der Waals surface area (Å²) in [6.45, 7) is 0.775. The van der Waals surface area contributed by atoms with Crippen LogP contribution >= 0.6 is 15.9 Å². The Morgan fingerprint density at radius 2 is 2.33 bits per heavy atom. The highest BCUT2D eigenvalue weighted by atomic mass is 79.9. The normalized spacial score (nSPS) is 20.2. The molecule has 1 aromatic heterocycles. The van der Waals surface area contributed by atoms with Crippen LogP contribution in [-0.4, -0.2) is 22.7 Å². The quantitative estimate of drug-likeness (QED) is 0.799. The van der Waals surface area contributed by atoms with Gasteiger partial charge < -0.3 is 4.74 Å². The lowest BCUT2D eigenvalue weighted by molar-refractivity contribution is -0.0368. The summed E-state index contributed by atoms with van der Waals surface area (Å²) in [5.74, 6) is 0. The Morgan fingerprint density at radius 3 is 3.06 bits per heavy atom. The van der Waals surface area contributed by atoms with Crippen LogP contribution in [0, 0.1) is 0 Å². The van der Waals surface area contributed by atoms with E-state index in [9.17, 15) is 4.79 Å². The number of ether oxygens (including phenoxy) is 1. The maximum absolute atomic E-state index is 10.9. The first-order valence-electron chi connectivity index (χ1n) is 6.04. The molecular weight excluding hydrogens is 296 g/mol. The Kier molecular flexibility index (Phi) is 3.18. The van der Waals surface area contributed by atoms with Crippen molar-refractivity contribution in [2.45, 2.75) is 25.5 Å². The summed E-state index contributed by atoms with van der Waals surface area (Å²) in [5.41, 5.74) is 1.60. The Morgan fingerprint density at radius 1 is 1.44 bits per heavy atom. The van der Waals surface area contributed by atoms with E-state index in [-0.39, 0.29) is 6.23 Å². The Labute approximate surface area is 113 Å². The first-order valence-corrected chi connectivity index (χ1v) is 6.83. The predicted molar refractivity (Wildman–Crippen MR) is 71.7 cm³/mol. The molecule has 1 fully saturated rings. The summed E-state index contributed by atoms with van der Waals surface area (Å²) >= 11 is 3.45. The highest BCUT2D eigenvalue weighted by molar-refractivity contribution is 9.10. The van der Waals surface area contributed by atoms with Gasteiger partial charge in [-0.2, -0.15) is 5.10 Å². The summed E-state index contributed by atoms with van der Waals surface area (Å²) in [5, 5.41) is 5.49. The van der Waals surface area contributed by atoms with Crippen LogP contribution in [0.3, 0.4) is 0 Å². The molecule has 0 aliphatic carbocycles. The number of hydrogen-bond acceptors (Lipinski definition) is 3. The van der Waals surface area contributed by atoms with E-state index in [2.05, 4.69) is 21.0 Å².